The van der Waals surface area contributed by atoms with Gasteiger partial charge in [-0.05, 0) is 37.0 Å². The van der Waals surface area contributed by atoms with Crippen LogP contribution in [0.4, 0.5) is 4.79 Å². The lowest BCUT2D eigenvalue weighted by molar-refractivity contribution is -0.116. The number of hydrogen-bond donors (Lipinski definition) is 1. The second kappa shape index (κ2) is 6.94. The Morgan fingerprint density at radius 3 is 2.71 bits per heavy atom. The van der Waals surface area contributed by atoms with Crippen molar-refractivity contribution >= 4 is 45.2 Å². The predicted molar refractivity (Wildman–Crippen MR) is 93.4 cm³/mol. The fraction of sp³-hybridized carbons (Fsp3) is 0.438. The highest BCUT2D eigenvalue weighted by atomic mass is 35.5. The molecule has 128 valence electrons. The molecule has 3 rings (SSSR count). The van der Waals surface area contributed by atoms with Gasteiger partial charge in [0.25, 0.3) is 0 Å². The topological polar surface area (TPSA) is 74.9 Å². The molecule has 1 aliphatic heterocycles. The number of carbonyl (C=O) groups excluding carboxylic acids is 1. The molecular formula is C16H18ClN3O3S. The molecule has 0 atom stereocenters. The van der Waals surface area contributed by atoms with Gasteiger partial charge in [0.15, 0.2) is 4.80 Å². The molecule has 0 unspecified atom stereocenters. The van der Waals surface area contributed by atoms with E-state index < -0.39 is 6.09 Å². The number of hydrogen-bond acceptors (Lipinski definition) is 3. The highest BCUT2D eigenvalue weighted by Gasteiger charge is 2.23. The van der Waals surface area contributed by atoms with Gasteiger partial charge in [-0.3, -0.25) is 4.79 Å². The van der Waals surface area contributed by atoms with Crippen LogP contribution in [0.5, 0.6) is 0 Å². The number of halogens is 1. The van der Waals surface area contributed by atoms with E-state index in [0.717, 1.165) is 29.6 Å². The molecule has 1 aromatic heterocycles. The number of aromatic nitrogens is 1. The van der Waals surface area contributed by atoms with E-state index in [4.69, 9.17) is 16.7 Å². The molecule has 1 aliphatic rings. The van der Waals surface area contributed by atoms with E-state index in [1.165, 1.54) is 23.2 Å². The van der Waals surface area contributed by atoms with E-state index in [2.05, 4.69) is 9.56 Å². The zero-order valence-electron chi connectivity index (χ0n) is 13.2. The normalized spacial score (nSPS) is 16.8. The summed E-state index contributed by atoms with van der Waals surface area (Å²) in [6, 6.07) is 5.65. The van der Waals surface area contributed by atoms with E-state index in [9.17, 15) is 9.59 Å². The zero-order chi connectivity index (χ0) is 17.3. The first-order valence-electron chi connectivity index (χ1n) is 7.76. The Labute approximate surface area is 148 Å². The average molecular weight is 368 g/mol. The molecule has 0 spiro atoms. The minimum absolute atomic E-state index is 0.234. The van der Waals surface area contributed by atoms with E-state index >= 15 is 0 Å². The number of nitrogens with zero attached hydrogens (tertiary/aromatic N) is 3. The Bertz CT molecular complexity index is 850. The van der Waals surface area contributed by atoms with Crippen molar-refractivity contribution in [3.63, 3.8) is 0 Å². The van der Waals surface area contributed by atoms with Crippen LogP contribution < -0.4 is 4.80 Å². The first kappa shape index (κ1) is 17.0. The van der Waals surface area contributed by atoms with Gasteiger partial charge in [-0.25, -0.2) is 4.79 Å². The number of carbonyl (C=O) groups is 2. The lowest BCUT2D eigenvalue weighted by atomic mass is 9.97. The van der Waals surface area contributed by atoms with Gasteiger partial charge in [-0.2, -0.15) is 4.99 Å². The quantitative estimate of drug-likeness (QED) is 0.885. The molecule has 24 heavy (non-hydrogen) atoms. The molecular weight excluding hydrogens is 350 g/mol. The van der Waals surface area contributed by atoms with Gasteiger partial charge in [0.1, 0.15) is 0 Å². The third kappa shape index (κ3) is 3.62. The number of carboxylic acid groups (broad SMARTS) is 1. The molecule has 2 heterocycles. The molecule has 2 aromatic rings. The zero-order valence-corrected chi connectivity index (χ0v) is 14.8. The SMILES string of the molecule is CC(=O)/N=c1/sc2cc(Cl)ccc2n1CC1CCN(C(=O)O)CC1. The number of likely N-dealkylation sites (tertiary alicyclic amines) is 1. The number of rotatable bonds is 2. The Morgan fingerprint density at radius 2 is 2.08 bits per heavy atom. The van der Waals surface area contributed by atoms with E-state index in [1.807, 2.05) is 18.2 Å². The number of fused-ring (bicyclic) bond motifs is 1. The third-order valence-electron chi connectivity index (χ3n) is 4.22. The van der Waals surface area contributed by atoms with Crippen molar-refractivity contribution in [3.05, 3.63) is 28.0 Å². The van der Waals surface area contributed by atoms with Crippen LogP contribution in [-0.2, 0) is 11.3 Å². The Kier molecular flexibility index (Phi) is 4.91. The van der Waals surface area contributed by atoms with Gasteiger partial charge in [-0.15, -0.1) is 0 Å². The third-order valence-corrected chi connectivity index (χ3v) is 5.50. The van der Waals surface area contributed by atoms with Gasteiger partial charge >= 0.3 is 6.09 Å². The van der Waals surface area contributed by atoms with Crippen LogP contribution in [0.2, 0.25) is 5.02 Å². The fourth-order valence-electron chi connectivity index (χ4n) is 3.01. The van der Waals surface area contributed by atoms with Crippen molar-refractivity contribution in [2.24, 2.45) is 10.9 Å². The number of thiazole rings is 1. The van der Waals surface area contributed by atoms with Crippen LogP contribution in [-0.4, -0.2) is 39.7 Å². The Morgan fingerprint density at radius 1 is 1.38 bits per heavy atom. The highest BCUT2D eigenvalue weighted by molar-refractivity contribution is 7.16. The van der Waals surface area contributed by atoms with Crippen molar-refractivity contribution in [1.82, 2.24) is 9.47 Å². The molecule has 0 bridgehead atoms. The maximum atomic E-state index is 11.4. The lowest BCUT2D eigenvalue weighted by Crippen LogP contribution is -2.39. The summed E-state index contributed by atoms with van der Waals surface area (Å²) in [7, 11) is 0. The average Bonchev–Trinajstić information content (AvgIpc) is 2.83. The Hall–Kier alpha value is -1.86. The lowest BCUT2D eigenvalue weighted by Gasteiger charge is -2.30. The largest absolute Gasteiger partial charge is 0.465 e. The van der Waals surface area contributed by atoms with Crippen molar-refractivity contribution in [1.29, 1.82) is 0 Å². The molecule has 1 aromatic carbocycles. The molecule has 0 aliphatic carbocycles. The van der Waals surface area contributed by atoms with Crippen molar-refractivity contribution in [3.8, 4) is 0 Å². The van der Waals surface area contributed by atoms with Crippen LogP contribution in [0.3, 0.4) is 0 Å². The van der Waals surface area contributed by atoms with Crippen LogP contribution in [0.25, 0.3) is 10.2 Å². The summed E-state index contributed by atoms with van der Waals surface area (Å²) in [6.07, 6.45) is 0.761. The summed E-state index contributed by atoms with van der Waals surface area (Å²) in [5.41, 5.74) is 1.00. The summed E-state index contributed by atoms with van der Waals surface area (Å²) >= 11 is 7.51. The van der Waals surface area contributed by atoms with E-state index in [1.54, 1.807) is 0 Å². The van der Waals surface area contributed by atoms with Gasteiger partial charge in [0.2, 0.25) is 5.91 Å². The summed E-state index contributed by atoms with van der Waals surface area (Å²) in [5, 5.41) is 9.70. The smallest absolute Gasteiger partial charge is 0.407 e. The summed E-state index contributed by atoms with van der Waals surface area (Å²) in [6.45, 7) is 3.26. The van der Waals surface area contributed by atoms with Gasteiger partial charge in [0, 0.05) is 31.6 Å². The van der Waals surface area contributed by atoms with E-state index in [-0.39, 0.29) is 5.91 Å². The molecule has 0 radical (unpaired) electrons. The van der Waals surface area contributed by atoms with Gasteiger partial charge in [0.05, 0.1) is 10.2 Å². The summed E-state index contributed by atoms with van der Waals surface area (Å²) < 4.78 is 3.05. The van der Waals surface area contributed by atoms with Crippen molar-refractivity contribution in [2.75, 3.05) is 13.1 Å². The molecule has 1 N–H and O–H groups in total. The van der Waals surface area contributed by atoms with Crippen molar-refractivity contribution < 1.29 is 14.7 Å². The van der Waals surface area contributed by atoms with Crippen LogP contribution in [0.15, 0.2) is 23.2 Å². The maximum Gasteiger partial charge on any atom is 0.407 e. The second-order valence-electron chi connectivity index (χ2n) is 5.95. The van der Waals surface area contributed by atoms with Crippen molar-refractivity contribution in [2.45, 2.75) is 26.3 Å². The van der Waals surface area contributed by atoms with E-state index in [0.29, 0.717) is 28.8 Å². The maximum absolute atomic E-state index is 11.4. The van der Waals surface area contributed by atoms with Gasteiger partial charge in [-0.1, -0.05) is 22.9 Å². The first-order valence-corrected chi connectivity index (χ1v) is 8.95. The van der Waals surface area contributed by atoms with Crippen LogP contribution in [0.1, 0.15) is 19.8 Å². The molecule has 8 heteroatoms. The number of amides is 2. The highest BCUT2D eigenvalue weighted by Crippen LogP contribution is 2.25. The molecule has 1 fully saturated rings. The van der Waals surface area contributed by atoms with Gasteiger partial charge < -0.3 is 14.6 Å². The van der Waals surface area contributed by atoms with Crippen LogP contribution in [0, 0.1) is 5.92 Å². The molecule has 6 nitrogen and oxygen atoms in total. The number of benzene rings is 1. The first-order chi connectivity index (χ1) is 11.4. The minimum atomic E-state index is -0.857. The van der Waals surface area contributed by atoms with Crippen LogP contribution >= 0.6 is 22.9 Å². The predicted octanol–water partition coefficient (Wildman–Crippen LogP) is 3.19. The second-order valence-corrected chi connectivity index (χ2v) is 7.40. The standard InChI is InChI=1S/C16H18ClN3O3S/c1-10(21)18-15-20(13-3-2-12(17)8-14(13)24-15)9-11-4-6-19(7-5-11)16(22)23/h2-3,8,11H,4-7,9H2,1H3,(H,22,23)/b18-15+. The molecule has 2 amide bonds. The number of piperidine rings is 1. The molecule has 0 saturated carbocycles. The summed E-state index contributed by atoms with van der Waals surface area (Å²) in [4.78, 5) is 28.7. The Balaban J connectivity index is 1.91. The summed E-state index contributed by atoms with van der Waals surface area (Å²) in [5.74, 6) is 0.127. The molecule has 1 saturated heterocycles. The minimum Gasteiger partial charge on any atom is -0.465 e. The fourth-order valence-corrected chi connectivity index (χ4v) is 4.37. The monoisotopic (exact) mass is 367 g/mol.